The van der Waals surface area contributed by atoms with E-state index in [4.69, 9.17) is 4.42 Å². The highest BCUT2D eigenvalue weighted by Crippen LogP contribution is 2.27. The second kappa shape index (κ2) is 9.37. The number of rotatable bonds is 5. The van der Waals surface area contributed by atoms with Crippen LogP contribution in [-0.2, 0) is 22.6 Å². The largest absolute Gasteiger partial charge is 0.459 e. The van der Waals surface area contributed by atoms with E-state index < -0.39 is 6.04 Å². The number of hydrogen-bond donors (Lipinski definition) is 1. The van der Waals surface area contributed by atoms with Gasteiger partial charge < -0.3 is 19.5 Å². The van der Waals surface area contributed by atoms with Crippen LogP contribution in [-0.4, -0.2) is 52.7 Å². The van der Waals surface area contributed by atoms with E-state index in [0.29, 0.717) is 32.5 Å². The zero-order valence-corrected chi connectivity index (χ0v) is 17.9. The molecule has 3 heterocycles. The fourth-order valence-electron chi connectivity index (χ4n) is 4.53. The summed E-state index contributed by atoms with van der Waals surface area (Å²) >= 11 is 0. The molecule has 7 heteroatoms. The molecule has 164 valence electrons. The minimum atomic E-state index is -0.586. The summed E-state index contributed by atoms with van der Waals surface area (Å²) in [6, 6.07) is 10.6. The Balaban J connectivity index is 1.54. The molecule has 4 rings (SSSR count). The number of carbonyl (C=O) groups is 3. The van der Waals surface area contributed by atoms with Crippen molar-refractivity contribution >= 4 is 17.7 Å². The summed E-state index contributed by atoms with van der Waals surface area (Å²) in [4.78, 5) is 42.2. The van der Waals surface area contributed by atoms with Gasteiger partial charge in [0.1, 0.15) is 6.04 Å². The SMILES string of the molecule is CCCC(=O)NC1CCCN(C(=O)C2Cc3ccccc3CN2C(=O)c2ccco2)C1. The molecular formula is C24H29N3O4. The van der Waals surface area contributed by atoms with Gasteiger partial charge in [0, 0.05) is 38.5 Å². The summed E-state index contributed by atoms with van der Waals surface area (Å²) in [6.45, 7) is 3.47. The van der Waals surface area contributed by atoms with Crippen molar-refractivity contribution in [2.24, 2.45) is 0 Å². The lowest BCUT2D eigenvalue weighted by Crippen LogP contribution is -2.57. The van der Waals surface area contributed by atoms with Crippen molar-refractivity contribution in [3.63, 3.8) is 0 Å². The Bertz CT molecular complexity index is 940. The normalized spacial score (nSPS) is 20.8. The Morgan fingerprint density at radius 2 is 1.94 bits per heavy atom. The van der Waals surface area contributed by atoms with Gasteiger partial charge in [0.05, 0.1) is 6.26 Å². The van der Waals surface area contributed by atoms with Gasteiger partial charge in [-0.3, -0.25) is 14.4 Å². The third-order valence-electron chi connectivity index (χ3n) is 6.10. The quantitative estimate of drug-likeness (QED) is 0.802. The zero-order chi connectivity index (χ0) is 21.8. The Morgan fingerprint density at radius 3 is 2.68 bits per heavy atom. The summed E-state index contributed by atoms with van der Waals surface area (Å²) in [5.74, 6) is -0.0740. The number of hydrogen-bond acceptors (Lipinski definition) is 4. The van der Waals surface area contributed by atoms with Gasteiger partial charge in [-0.1, -0.05) is 31.2 Å². The Kier molecular flexibility index (Phi) is 6.39. The Labute approximate surface area is 182 Å². The van der Waals surface area contributed by atoms with Crippen molar-refractivity contribution < 1.29 is 18.8 Å². The van der Waals surface area contributed by atoms with Gasteiger partial charge in [-0.15, -0.1) is 0 Å². The van der Waals surface area contributed by atoms with Crippen LogP contribution in [0.1, 0.15) is 54.3 Å². The van der Waals surface area contributed by atoms with Gasteiger partial charge in [0.15, 0.2) is 5.76 Å². The van der Waals surface area contributed by atoms with Gasteiger partial charge in [-0.2, -0.15) is 0 Å². The van der Waals surface area contributed by atoms with Crippen LogP contribution in [0.15, 0.2) is 47.1 Å². The zero-order valence-electron chi connectivity index (χ0n) is 17.9. The summed E-state index contributed by atoms with van der Waals surface area (Å²) in [7, 11) is 0. The number of furan rings is 1. The molecule has 7 nitrogen and oxygen atoms in total. The van der Waals surface area contributed by atoms with Crippen molar-refractivity contribution in [3.8, 4) is 0 Å². The molecule has 2 aliphatic rings. The maximum absolute atomic E-state index is 13.6. The third-order valence-corrected chi connectivity index (χ3v) is 6.10. The molecule has 1 aromatic heterocycles. The highest BCUT2D eigenvalue weighted by Gasteiger charge is 2.39. The van der Waals surface area contributed by atoms with Crippen LogP contribution in [0.2, 0.25) is 0 Å². The van der Waals surface area contributed by atoms with Gasteiger partial charge in [0.25, 0.3) is 5.91 Å². The number of nitrogens with zero attached hydrogens (tertiary/aromatic N) is 2. The van der Waals surface area contributed by atoms with E-state index in [1.807, 2.05) is 31.2 Å². The van der Waals surface area contributed by atoms with Gasteiger partial charge in [0.2, 0.25) is 11.8 Å². The van der Waals surface area contributed by atoms with Crippen LogP contribution < -0.4 is 5.32 Å². The highest BCUT2D eigenvalue weighted by molar-refractivity contribution is 5.96. The standard InChI is InChI=1S/C24H29N3O4/c1-2-7-22(28)25-19-10-5-12-26(16-19)23(29)20-14-17-8-3-4-9-18(17)15-27(20)24(30)21-11-6-13-31-21/h3-4,6,8-9,11,13,19-20H,2,5,7,10,12,14-16H2,1H3,(H,25,28). The second-order valence-electron chi connectivity index (χ2n) is 8.34. The molecule has 1 fully saturated rings. The van der Waals surface area contributed by atoms with E-state index in [2.05, 4.69) is 5.32 Å². The van der Waals surface area contributed by atoms with E-state index in [0.717, 1.165) is 30.4 Å². The summed E-state index contributed by atoms with van der Waals surface area (Å²) in [5.41, 5.74) is 2.14. The number of amides is 3. The molecule has 1 saturated heterocycles. The molecule has 2 unspecified atom stereocenters. The van der Waals surface area contributed by atoms with Crippen molar-refractivity contribution in [1.82, 2.24) is 15.1 Å². The molecule has 0 aliphatic carbocycles. The topological polar surface area (TPSA) is 82.9 Å². The molecule has 0 saturated carbocycles. The van der Waals surface area contributed by atoms with Crippen LogP contribution in [0.3, 0.4) is 0 Å². The van der Waals surface area contributed by atoms with Gasteiger partial charge in [-0.25, -0.2) is 0 Å². The van der Waals surface area contributed by atoms with E-state index in [1.165, 1.54) is 6.26 Å². The number of fused-ring (bicyclic) bond motifs is 1. The number of carbonyl (C=O) groups excluding carboxylic acids is 3. The average molecular weight is 424 g/mol. The first-order valence-electron chi connectivity index (χ1n) is 11.1. The highest BCUT2D eigenvalue weighted by atomic mass is 16.3. The lowest BCUT2D eigenvalue weighted by molar-refractivity contribution is -0.138. The van der Waals surface area contributed by atoms with Crippen molar-refractivity contribution in [3.05, 3.63) is 59.5 Å². The molecule has 0 bridgehead atoms. The maximum atomic E-state index is 13.6. The van der Waals surface area contributed by atoms with Crippen LogP contribution in [0.25, 0.3) is 0 Å². The number of likely N-dealkylation sites (tertiary alicyclic amines) is 1. The molecule has 2 atom stereocenters. The van der Waals surface area contributed by atoms with E-state index >= 15 is 0 Å². The number of benzene rings is 1. The van der Waals surface area contributed by atoms with Crippen molar-refractivity contribution in [1.29, 1.82) is 0 Å². The maximum Gasteiger partial charge on any atom is 0.290 e. The molecule has 31 heavy (non-hydrogen) atoms. The second-order valence-corrected chi connectivity index (χ2v) is 8.34. The summed E-state index contributed by atoms with van der Waals surface area (Å²) in [5, 5.41) is 3.05. The fraction of sp³-hybridized carbons (Fsp3) is 0.458. The molecule has 2 aromatic rings. The first-order chi connectivity index (χ1) is 15.1. The lowest BCUT2D eigenvalue weighted by Gasteiger charge is -2.40. The smallest absolute Gasteiger partial charge is 0.290 e. The van der Waals surface area contributed by atoms with Crippen molar-refractivity contribution in [2.45, 2.75) is 57.7 Å². The van der Waals surface area contributed by atoms with Crippen LogP contribution >= 0.6 is 0 Å². The fourth-order valence-corrected chi connectivity index (χ4v) is 4.53. The molecule has 1 N–H and O–H groups in total. The molecule has 1 aromatic carbocycles. The molecule has 3 amide bonds. The molecule has 0 spiro atoms. The van der Waals surface area contributed by atoms with E-state index in [9.17, 15) is 14.4 Å². The van der Waals surface area contributed by atoms with Gasteiger partial charge in [-0.05, 0) is 42.5 Å². The van der Waals surface area contributed by atoms with E-state index in [-0.39, 0.29) is 29.5 Å². The minimum Gasteiger partial charge on any atom is -0.459 e. The first kappa shape index (κ1) is 21.2. The van der Waals surface area contributed by atoms with Gasteiger partial charge >= 0.3 is 0 Å². The lowest BCUT2D eigenvalue weighted by atomic mass is 9.92. The minimum absolute atomic E-state index is 0.0306. The average Bonchev–Trinajstić information content (AvgIpc) is 3.32. The predicted molar refractivity (Wildman–Crippen MR) is 115 cm³/mol. The summed E-state index contributed by atoms with van der Waals surface area (Å²) < 4.78 is 5.33. The van der Waals surface area contributed by atoms with Crippen LogP contribution in [0.5, 0.6) is 0 Å². The molecule has 2 aliphatic heterocycles. The summed E-state index contributed by atoms with van der Waals surface area (Å²) in [6.07, 6.45) is 4.93. The number of piperidine rings is 1. The van der Waals surface area contributed by atoms with Crippen LogP contribution in [0.4, 0.5) is 0 Å². The first-order valence-corrected chi connectivity index (χ1v) is 11.1. The molecular weight excluding hydrogens is 394 g/mol. The Hall–Kier alpha value is -3.09. The third kappa shape index (κ3) is 4.65. The van der Waals surface area contributed by atoms with Crippen molar-refractivity contribution in [2.75, 3.05) is 13.1 Å². The molecule has 0 radical (unpaired) electrons. The number of nitrogens with one attached hydrogen (secondary N) is 1. The predicted octanol–water partition coefficient (Wildman–Crippen LogP) is 2.75. The Morgan fingerprint density at radius 1 is 1.13 bits per heavy atom. The van der Waals surface area contributed by atoms with Crippen LogP contribution in [0, 0.1) is 0 Å². The van der Waals surface area contributed by atoms with E-state index in [1.54, 1.807) is 21.9 Å². The monoisotopic (exact) mass is 423 g/mol.